The lowest BCUT2D eigenvalue weighted by atomic mass is 9.75. The van der Waals surface area contributed by atoms with E-state index in [1.807, 2.05) is 54.6 Å². The van der Waals surface area contributed by atoms with Crippen molar-refractivity contribution in [1.82, 2.24) is 20.3 Å². The molecule has 7 aromatic rings. The molecule has 0 saturated carbocycles. The molecule has 7 nitrogen and oxygen atoms in total. The Morgan fingerprint density at radius 1 is 0.676 bits per heavy atom. The van der Waals surface area contributed by atoms with Crippen LogP contribution >= 0.6 is 22.5 Å². The molecule has 68 heavy (non-hydrogen) atoms. The fourth-order valence-corrected chi connectivity index (χ4v) is 11.3. The number of thiol groups is 1. The lowest BCUT2D eigenvalue weighted by molar-refractivity contribution is 0.364. The molecule has 11 rings (SSSR count). The van der Waals surface area contributed by atoms with Crippen molar-refractivity contribution >= 4 is 45.3 Å². The van der Waals surface area contributed by atoms with E-state index < -0.39 is 0 Å². The van der Waals surface area contributed by atoms with Crippen LogP contribution < -0.4 is 5.32 Å². The van der Waals surface area contributed by atoms with Gasteiger partial charge in [-0.3, -0.25) is 0 Å². The van der Waals surface area contributed by atoms with Gasteiger partial charge in [0.15, 0.2) is 23.3 Å². The van der Waals surface area contributed by atoms with Crippen LogP contribution in [0.3, 0.4) is 0 Å². The quantitative estimate of drug-likeness (QED) is 0.0992. The maximum atomic E-state index is 7.10. The van der Waals surface area contributed by atoms with E-state index in [9.17, 15) is 0 Å². The fraction of sp³-hybridized carbons (Fsp3) is 0.203. The molecule has 3 heterocycles. The van der Waals surface area contributed by atoms with E-state index in [1.54, 1.807) is 10.8 Å². The summed E-state index contributed by atoms with van der Waals surface area (Å²) in [5.41, 5.74) is 12.6. The van der Waals surface area contributed by atoms with Gasteiger partial charge in [-0.2, -0.15) is 0 Å². The summed E-state index contributed by atoms with van der Waals surface area (Å²) in [6, 6.07) is 48.0. The number of nitrogens with one attached hydrogen (secondary N) is 1. The molecule has 0 amide bonds. The van der Waals surface area contributed by atoms with Gasteiger partial charge in [-0.05, 0) is 47.9 Å². The second-order valence-corrected chi connectivity index (χ2v) is 20.2. The summed E-state index contributed by atoms with van der Waals surface area (Å²) < 4.78 is 7.10. The number of benzene rings is 5. The topological polar surface area (TPSA) is 88.6 Å². The maximum absolute atomic E-state index is 7.10. The van der Waals surface area contributed by atoms with E-state index in [-0.39, 0.29) is 17.0 Å². The van der Waals surface area contributed by atoms with Gasteiger partial charge in [-0.15, -0.1) is 11.7 Å². The monoisotopic (exact) mass is 924 g/mol. The van der Waals surface area contributed by atoms with Gasteiger partial charge in [0.05, 0.1) is 5.57 Å². The number of hydrogen-bond donors (Lipinski definition) is 2. The van der Waals surface area contributed by atoms with E-state index >= 15 is 0 Å². The predicted octanol–water partition coefficient (Wildman–Crippen LogP) is 13.9. The minimum Gasteiger partial charge on any atom is -0.455 e. The molecule has 1 aliphatic heterocycles. The zero-order chi connectivity index (χ0) is 46.4. The van der Waals surface area contributed by atoms with Crippen molar-refractivity contribution < 1.29 is 4.42 Å². The summed E-state index contributed by atoms with van der Waals surface area (Å²) >= 11 is 4.59. The standard InChI is InChI=1S/C59H52N6OS2/c1-5-59(37(2)68-67)34-32-45(33-35-59)56-61-52(41-18-11-7-12-19-41)60-54(63-56)44-30-26-40(27-31-44)48-36-58(3,4)49-46-22-15-23-47(50(46)66-51(48)49)57-64-53(42-20-13-8-14-21-42)62-55(65-57)43-28-24-39(25-29-43)38-16-9-6-10-17-38/h6-14,16-21,23-34,36-37,56,67H,5,15,22,35H2,1-4H3,(H,60,61,63). The van der Waals surface area contributed by atoms with Crippen molar-refractivity contribution in [2.24, 2.45) is 15.4 Å². The van der Waals surface area contributed by atoms with Crippen molar-refractivity contribution in [3.63, 3.8) is 0 Å². The molecule has 3 unspecified atom stereocenters. The molecule has 5 aromatic carbocycles. The molecular weight excluding hydrogens is 873 g/mol. The zero-order valence-corrected chi connectivity index (χ0v) is 40.4. The number of allylic oxidation sites excluding steroid dienone is 4. The van der Waals surface area contributed by atoms with E-state index in [4.69, 9.17) is 29.4 Å². The van der Waals surface area contributed by atoms with Crippen LogP contribution in [0.4, 0.5) is 0 Å². The van der Waals surface area contributed by atoms with Crippen LogP contribution in [0.1, 0.15) is 92.1 Å². The van der Waals surface area contributed by atoms with Crippen LogP contribution in [0.25, 0.3) is 45.0 Å². The highest BCUT2D eigenvalue weighted by Gasteiger charge is 2.40. The number of rotatable bonds is 11. The zero-order valence-electron chi connectivity index (χ0n) is 38.6. The molecule has 3 atom stereocenters. The third-order valence-electron chi connectivity index (χ3n) is 14.1. The molecule has 9 heteroatoms. The summed E-state index contributed by atoms with van der Waals surface area (Å²) in [7, 11) is 1.63. The normalized spacial score (nSPS) is 19.7. The first-order chi connectivity index (χ1) is 33.2. The van der Waals surface area contributed by atoms with Crippen LogP contribution in [-0.2, 0) is 11.8 Å². The molecule has 336 valence electrons. The van der Waals surface area contributed by atoms with Gasteiger partial charge < -0.3 is 9.73 Å². The summed E-state index contributed by atoms with van der Waals surface area (Å²) in [5, 5.41) is 4.09. The first kappa shape index (κ1) is 43.7. The molecular formula is C59H52N6OS2. The Kier molecular flexibility index (Phi) is 11.6. The largest absolute Gasteiger partial charge is 0.455 e. The highest BCUT2D eigenvalue weighted by atomic mass is 33.1. The second-order valence-electron chi connectivity index (χ2n) is 18.6. The van der Waals surface area contributed by atoms with E-state index in [2.05, 4.69) is 160 Å². The summed E-state index contributed by atoms with van der Waals surface area (Å²) in [5.74, 6) is 5.11. The number of aliphatic imine (C=N–C) groups is 2. The third-order valence-corrected chi connectivity index (χ3v) is 15.8. The molecule has 1 N–H and O–H groups in total. The summed E-state index contributed by atoms with van der Waals surface area (Å²) in [6.45, 7) is 9.11. The van der Waals surface area contributed by atoms with Gasteiger partial charge in [-0.1, -0.05) is 208 Å². The summed E-state index contributed by atoms with van der Waals surface area (Å²) in [6.07, 6.45) is 15.0. The van der Waals surface area contributed by atoms with Gasteiger partial charge in [0.2, 0.25) is 0 Å². The van der Waals surface area contributed by atoms with Crippen LogP contribution in [0.5, 0.6) is 0 Å². The summed E-state index contributed by atoms with van der Waals surface area (Å²) in [4.78, 5) is 25.7. The second kappa shape index (κ2) is 18.0. The number of furan rings is 1. The number of aromatic nitrogens is 3. The van der Waals surface area contributed by atoms with Gasteiger partial charge in [-0.25, -0.2) is 24.9 Å². The lowest BCUT2D eigenvalue weighted by Gasteiger charge is -2.37. The Morgan fingerprint density at radius 3 is 1.88 bits per heavy atom. The van der Waals surface area contributed by atoms with Gasteiger partial charge in [0.25, 0.3) is 0 Å². The Morgan fingerprint density at radius 2 is 1.25 bits per heavy atom. The highest BCUT2D eigenvalue weighted by Crippen LogP contribution is 2.51. The SMILES string of the molecule is CCC1(C(C)SS)C=CC(C2N=C(c3ccccc3)N=C(c3ccc(C4=CC(C)(C)c5c4oc4c5CCC=C4c4nc(-c5ccccc5)nc(-c5ccc(-c6ccccc6)cc5)n4)cc3)N2)=CC1. The molecule has 0 radical (unpaired) electrons. The number of hydrogen-bond acceptors (Lipinski definition) is 9. The predicted molar refractivity (Wildman–Crippen MR) is 284 cm³/mol. The molecule has 4 aliphatic rings. The van der Waals surface area contributed by atoms with Crippen molar-refractivity contribution in [3.8, 4) is 33.9 Å². The van der Waals surface area contributed by atoms with Crippen molar-refractivity contribution in [3.05, 3.63) is 221 Å². The van der Waals surface area contributed by atoms with Gasteiger partial charge in [0, 0.05) is 55.0 Å². The molecule has 0 spiro atoms. The van der Waals surface area contributed by atoms with Crippen LogP contribution in [0.2, 0.25) is 0 Å². The van der Waals surface area contributed by atoms with Crippen molar-refractivity contribution in [2.75, 3.05) is 0 Å². The first-order valence-corrected chi connectivity index (χ1v) is 25.5. The van der Waals surface area contributed by atoms with E-state index in [0.717, 1.165) is 98.7 Å². The van der Waals surface area contributed by atoms with Gasteiger partial charge in [0.1, 0.15) is 23.5 Å². The van der Waals surface area contributed by atoms with Crippen molar-refractivity contribution in [2.45, 2.75) is 70.2 Å². The number of nitrogens with zero attached hydrogens (tertiary/aromatic N) is 5. The third kappa shape index (κ3) is 8.11. The average Bonchev–Trinajstić information content (AvgIpc) is 3.94. The number of amidine groups is 2. The minimum absolute atomic E-state index is 0.0661. The maximum Gasteiger partial charge on any atom is 0.167 e. The fourth-order valence-electron chi connectivity index (χ4n) is 10.1. The van der Waals surface area contributed by atoms with Crippen LogP contribution in [-0.4, -0.2) is 38.0 Å². The smallest absolute Gasteiger partial charge is 0.167 e. The van der Waals surface area contributed by atoms with Crippen LogP contribution in [0.15, 0.2) is 190 Å². The van der Waals surface area contributed by atoms with Crippen LogP contribution in [0, 0.1) is 5.41 Å². The lowest BCUT2D eigenvalue weighted by Crippen LogP contribution is -2.40. The molecule has 0 bridgehead atoms. The number of fused-ring (bicyclic) bond motifs is 3. The Labute approximate surface area is 407 Å². The highest BCUT2D eigenvalue weighted by molar-refractivity contribution is 8.68. The molecule has 3 aliphatic carbocycles. The molecule has 2 aromatic heterocycles. The Hall–Kier alpha value is -6.81. The average molecular weight is 925 g/mol. The molecule has 0 fully saturated rings. The Bertz CT molecular complexity index is 3220. The molecule has 0 saturated heterocycles. The minimum atomic E-state index is -0.274. The van der Waals surface area contributed by atoms with Crippen molar-refractivity contribution in [1.29, 1.82) is 0 Å². The van der Waals surface area contributed by atoms with E-state index in [0.29, 0.717) is 28.6 Å². The Balaban J connectivity index is 0.915. The first-order valence-electron chi connectivity index (χ1n) is 23.6. The van der Waals surface area contributed by atoms with E-state index in [1.165, 1.54) is 11.1 Å². The van der Waals surface area contributed by atoms with Gasteiger partial charge >= 0.3 is 0 Å².